The molecule has 1 atom stereocenters. The molecule has 0 aliphatic rings. The predicted molar refractivity (Wildman–Crippen MR) is 52.5 cm³/mol. The summed E-state index contributed by atoms with van der Waals surface area (Å²) in [5.74, 6) is 0. The van der Waals surface area contributed by atoms with E-state index >= 15 is 0 Å². The molecule has 2 rings (SSSR count). The van der Waals surface area contributed by atoms with Gasteiger partial charge in [-0.15, -0.1) is 0 Å². The zero-order chi connectivity index (χ0) is 9.42. The van der Waals surface area contributed by atoms with E-state index in [-0.39, 0.29) is 6.04 Å². The Morgan fingerprint density at radius 1 is 1.46 bits per heavy atom. The van der Waals surface area contributed by atoms with E-state index in [1.54, 1.807) is 0 Å². The molecule has 0 aromatic carbocycles. The SMILES string of the molecule is Cc1cn2c(C(C)N)cccc2n1. The maximum absolute atomic E-state index is 5.84. The van der Waals surface area contributed by atoms with E-state index in [4.69, 9.17) is 5.73 Å². The van der Waals surface area contributed by atoms with Gasteiger partial charge in [0.2, 0.25) is 0 Å². The third-order valence-corrected chi connectivity index (χ3v) is 2.11. The third kappa shape index (κ3) is 1.31. The molecule has 0 fully saturated rings. The summed E-state index contributed by atoms with van der Waals surface area (Å²) in [7, 11) is 0. The molecule has 0 aliphatic heterocycles. The standard InChI is InChI=1S/C10H13N3/c1-7-6-13-9(8(2)11)4-3-5-10(13)12-7/h3-6,8H,11H2,1-2H3. The van der Waals surface area contributed by atoms with Gasteiger partial charge in [0.25, 0.3) is 0 Å². The number of aryl methyl sites for hydroxylation is 1. The molecule has 0 bridgehead atoms. The molecular weight excluding hydrogens is 162 g/mol. The summed E-state index contributed by atoms with van der Waals surface area (Å²) in [6, 6.07) is 6.04. The monoisotopic (exact) mass is 175 g/mol. The van der Waals surface area contributed by atoms with Crippen LogP contribution in [0.1, 0.15) is 24.4 Å². The summed E-state index contributed by atoms with van der Waals surface area (Å²) in [6.45, 7) is 3.96. The number of hydrogen-bond donors (Lipinski definition) is 1. The minimum absolute atomic E-state index is 0.0392. The fourth-order valence-electron chi connectivity index (χ4n) is 1.53. The summed E-state index contributed by atoms with van der Waals surface area (Å²) >= 11 is 0. The molecule has 0 spiro atoms. The van der Waals surface area contributed by atoms with Crippen molar-refractivity contribution < 1.29 is 0 Å². The van der Waals surface area contributed by atoms with Crippen LogP contribution in [0.3, 0.4) is 0 Å². The lowest BCUT2D eigenvalue weighted by molar-refractivity contribution is 0.763. The number of aromatic nitrogens is 2. The first kappa shape index (κ1) is 8.26. The Morgan fingerprint density at radius 2 is 2.23 bits per heavy atom. The van der Waals surface area contributed by atoms with E-state index in [2.05, 4.69) is 4.98 Å². The number of nitrogens with zero attached hydrogens (tertiary/aromatic N) is 2. The summed E-state index contributed by atoms with van der Waals surface area (Å²) < 4.78 is 2.04. The summed E-state index contributed by atoms with van der Waals surface area (Å²) in [4.78, 5) is 4.36. The first-order chi connectivity index (χ1) is 6.18. The van der Waals surface area contributed by atoms with Crippen LogP contribution in [0.15, 0.2) is 24.4 Å². The van der Waals surface area contributed by atoms with Crippen molar-refractivity contribution in [2.45, 2.75) is 19.9 Å². The number of nitrogens with two attached hydrogens (primary N) is 1. The highest BCUT2D eigenvalue weighted by Crippen LogP contribution is 2.13. The molecule has 0 saturated carbocycles. The van der Waals surface area contributed by atoms with E-state index < -0.39 is 0 Å². The molecule has 3 nitrogen and oxygen atoms in total. The lowest BCUT2D eigenvalue weighted by atomic mass is 10.2. The van der Waals surface area contributed by atoms with Gasteiger partial charge >= 0.3 is 0 Å². The van der Waals surface area contributed by atoms with Gasteiger partial charge in [-0.2, -0.15) is 0 Å². The number of hydrogen-bond acceptors (Lipinski definition) is 2. The quantitative estimate of drug-likeness (QED) is 0.716. The van der Waals surface area contributed by atoms with E-state index in [9.17, 15) is 0 Å². The first-order valence-electron chi connectivity index (χ1n) is 4.38. The van der Waals surface area contributed by atoms with Crippen molar-refractivity contribution >= 4 is 5.65 Å². The van der Waals surface area contributed by atoms with Gasteiger partial charge in [-0.1, -0.05) is 6.07 Å². The molecule has 3 heteroatoms. The number of rotatable bonds is 1. The maximum Gasteiger partial charge on any atom is 0.137 e. The van der Waals surface area contributed by atoms with E-state index in [0.717, 1.165) is 17.0 Å². The highest BCUT2D eigenvalue weighted by Gasteiger charge is 2.05. The van der Waals surface area contributed by atoms with E-state index in [1.165, 1.54) is 0 Å². The molecular formula is C10H13N3. The van der Waals surface area contributed by atoms with Gasteiger partial charge in [0.15, 0.2) is 0 Å². The summed E-state index contributed by atoms with van der Waals surface area (Å²) in [5, 5.41) is 0. The van der Waals surface area contributed by atoms with Crippen molar-refractivity contribution in [3.05, 3.63) is 35.8 Å². The Labute approximate surface area is 77.2 Å². The number of imidazole rings is 1. The highest BCUT2D eigenvalue weighted by atomic mass is 15.0. The Bertz CT molecular complexity index is 429. The van der Waals surface area contributed by atoms with Gasteiger partial charge in [-0.05, 0) is 26.0 Å². The van der Waals surface area contributed by atoms with Crippen molar-refractivity contribution in [1.29, 1.82) is 0 Å². The van der Waals surface area contributed by atoms with Crippen LogP contribution in [0.5, 0.6) is 0 Å². The molecule has 2 aromatic heterocycles. The van der Waals surface area contributed by atoms with Gasteiger partial charge in [0.05, 0.1) is 5.69 Å². The number of fused-ring (bicyclic) bond motifs is 1. The molecule has 0 radical (unpaired) electrons. The van der Waals surface area contributed by atoms with Crippen LogP contribution in [-0.4, -0.2) is 9.38 Å². The molecule has 13 heavy (non-hydrogen) atoms. The van der Waals surface area contributed by atoms with Gasteiger partial charge in [0.1, 0.15) is 5.65 Å². The Hall–Kier alpha value is -1.35. The second-order valence-corrected chi connectivity index (χ2v) is 3.35. The normalized spacial score (nSPS) is 13.5. The maximum atomic E-state index is 5.84. The summed E-state index contributed by atoms with van der Waals surface area (Å²) in [6.07, 6.45) is 2.01. The minimum atomic E-state index is 0.0392. The predicted octanol–water partition coefficient (Wildman–Crippen LogP) is 1.66. The lowest BCUT2D eigenvalue weighted by Gasteiger charge is -2.07. The van der Waals surface area contributed by atoms with Gasteiger partial charge < -0.3 is 10.1 Å². The Morgan fingerprint density at radius 3 is 2.92 bits per heavy atom. The van der Waals surface area contributed by atoms with Crippen LogP contribution >= 0.6 is 0 Å². The van der Waals surface area contributed by atoms with Gasteiger partial charge in [-0.25, -0.2) is 4.98 Å². The molecule has 0 saturated heterocycles. The van der Waals surface area contributed by atoms with Crippen molar-refractivity contribution in [1.82, 2.24) is 9.38 Å². The topological polar surface area (TPSA) is 43.3 Å². The van der Waals surface area contributed by atoms with Crippen LogP contribution in [0.25, 0.3) is 5.65 Å². The van der Waals surface area contributed by atoms with Crippen LogP contribution in [0, 0.1) is 6.92 Å². The zero-order valence-corrected chi connectivity index (χ0v) is 7.86. The second-order valence-electron chi connectivity index (χ2n) is 3.35. The second kappa shape index (κ2) is 2.85. The van der Waals surface area contributed by atoms with Crippen LogP contribution in [0.2, 0.25) is 0 Å². The number of pyridine rings is 1. The Kier molecular flexibility index (Phi) is 1.81. The Balaban J connectivity index is 2.75. The molecule has 2 heterocycles. The molecule has 2 N–H and O–H groups in total. The molecule has 0 aliphatic carbocycles. The highest BCUT2D eigenvalue weighted by molar-refractivity contribution is 5.42. The van der Waals surface area contributed by atoms with Crippen molar-refractivity contribution in [2.24, 2.45) is 5.73 Å². The minimum Gasteiger partial charge on any atom is -0.323 e. The van der Waals surface area contributed by atoms with Crippen molar-refractivity contribution in [3.63, 3.8) is 0 Å². The van der Waals surface area contributed by atoms with Crippen molar-refractivity contribution in [3.8, 4) is 0 Å². The third-order valence-electron chi connectivity index (χ3n) is 2.11. The fraction of sp³-hybridized carbons (Fsp3) is 0.300. The average molecular weight is 175 g/mol. The van der Waals surface area contributed by atoms with Gasteiger partial charge in [-0.3, -0.25) is 0 Å². The summed E-state index contributed by atoms with van der Waals surface area (Å²) in [5.41, 5.74) is 8.92. The smallest absolute Gasteiger partial charge is 0.137 e. The lowest BCUT2D eigenvalue weighted by Crippen LogP contribution is -2.09. The van der Waals surface area contributed by atoms with Crippen molar-refractivity contribution in [2.75, 3.05) is 0 Å². The van der Waals surface area contributed by atoms with E-state index in [1.807, 2.05) is 42.6 Å². The van der Waals surface area contributed by atoms with Crippen LogP contribution < -0.4 is 5.73 Å². The molecule has 68 valence electrons. The average Bonchev–Trinajstić information content (AvgIpc) is 2.43. The zero-order valence-electron chi connectivity index (χ0n) is 7.86. The van der Waals surface area contributed by atoms with Crippen LogP contribution in [-0.2, 0) is 0 Å². The molecule has 0 amide bonds. The van der Waals surface area contributed by atoms with Gasteiger partial charge in [0, 0.05) is 17.9 Å². The van der Waals surface area contributed by atoms with E-state index in [0.29, 0.717) is 0 Å². The molecule has 2 aromatic rings. The fourth-order valence-corrected chi connectivity index (χ4v) is 1.53. The molecule has 1 unspecified atom stereocenters. The van der Waals surface area contributed by atoms with Crippen LogP contribution in [0.4, 0.5) is 0 Å². The largest absolute Gasteiger partial charge is 0.323 e. The first-order valence-corrected chi connectivity index (χ1v) is 4.38.